The van der Waals surface area contributed by atoms with Crippen molar-refractivity contribution in [3.8, 4) is 0 Å². The number of benzene rings is 1. The van der Waals surface area contributed by atoms with E-state index in [-0.39, 0.29) is 49.1 Å². The van der Waals surface area contributed by atoms with E-state index in [1.54, 1.807) is 9.13 Å². The van der Waals surface area contributed by atoms with Gasteiger partial charge in [0.25, 0.3) is 0 Å². The highest BCUT2D eigenvalue weighted by molar-refractivity contribution is 7.89. The third-order valence-electron chi connectivity index (χ3n) is 5.27. The monoisotopic (exact) mass is 438 g/mol. The van der Waals surface area contributed by atoms with Gasteiger partial charge in [-0.05, 0) is 32.9 Å². The quantitative estimate of drug-likeness (QED) is 0.656. The van der Waals surface area contributed by atoms with E-state index in [4.69, 9.17) is 4.74 Å². The highest BCUT2D eigenvalue weighted by Gasteiger charge is 2.30. The fourth-order valence-corrected chi connectivity index (χ4v) is 5.39. The number of carbonyl (C=O) groups excluding carboxylic acids is 1. The van der Waals surface area contributed by atoms with Crippen LogP contribution in [0.1, 0.15) is 27.2 Å². The third kappa shape index (κ3) is 4.93. The van der Waals surface area contributed by atoms with Crippen LogP contribution in [0.15, 0.2) is 29.1 Å². The van der Waals surface area contributed by atoms with Crippen molar-refractivity contribution in [1.82, 2.24) is 18.8 Å². The summed E-state index contributed by atoms with van der Waals surface area (Å²) in [6.07, 6.45) is -0.202. The van der Waals surface area contributed by atoms with Crippen LogP contribution in [0.4, 0.5) is 0 Å². The largest absolute Gasteiger partial charge is 0.373 e. The van der Waals surface area contributed by atoms with Crippen LogP contribution in [0.3, 0.4) is 0 Å². The highest BCUT2D eigenvalue weighted by Crippen LogP contribution is 2.15. The summed E-state index contributed by atoms with van der Waals surface area (Å²) >= 11 is 0. The number of imidazole rings is 1. The van der Waals surface area contributed by atoms with Gasteiger partial charge in [0.1, 0.15) is 0 Å². The van der Waals surface area contributed by atoms with Crippen LogP contribution in [-0.2, 0) is 32.6 Å². The Morgan fingerprint density at radius 1 is 1.13 bits per heavy atom. The molecule has 0 radical (unpaired) electrons. The Kier molecular flexibility index (Phi) is 6.99. The first-order valence-corrected chi connectivity index (χ1v) is 11.9. The molecule has 2 aromatic rings. The predicted octanol–water partition coefficient (Wildman–Crippen LogP) is 0.768. The summed E-state index contributed by atoms with van der Waals surface area (Å²) in [7, 11) is -3.47. The van der Waals surface area contributed by atoms with Crippen LogP contribution in [0.5, 0.6) is 0 Å². The fraction of sp³-hybridized carbons (Fsp3) is 0.600. The van der Waals surface area contributed by atoms with Crippen LogP contribution in [0, 0.1) is 0 Å². The molecule has 1 aliphatic rings. The minimum Gasteiger partial charge on any atom is -0.373 e. The SMILES string of the molecule is CCn1c(=O)n(CCC(=O)NCCS(=O)(=O)N2CC(C)OC(C)C2)c2ccccc21. The zero-order chi connectivity index (χ0) is 21.9. The summed E-state index contributed by atoms with van der Waals surface area (Å²) < 4.78 is 35.3. The number of sulfonamides is 1. The molecule has 0 aliphatic carbocycles. The van der Waals surface area contributed by atoms with Crippen molar-refractivity contribution >= 4 is 27.0 Å². The molecule has 1 saturated heterocycles. The first-order valence-electron chi connectivity index (χ1n) is 10.3. The van der Waals surface area contributed by atoms with Crippen molar-refractivity contribution in [3.05, 3.63) is 34.7 Å². The van der Waals surface area contributed by atoms with Crippen LogP contribution in [0.25, 0.3) is 11.0 Å². The van der Waals surface area contributed by atoms with E-state index in [1.807, 2.05) is 45.0 Å². The molecule has 9 nitrogen and oxygen atoms in total. The lowest BCUT2D eigenvalue weighted by molar-refractivity contribution is -0.121. The van der Waals surface area contributed by atoms with Gasteiger partial charge in [0.2, 0.25) is 15.9 Å². The minimum atomic E-state index is -3.47. The smallest absolute Gasteiger partial charge is 0.329 e. The Balaban J connectivity index is 1.54. The Morgan fingerprint density at radius 2 is 1.73 bits per heavy atom. The number of ether oxygens (including phenoxy) is 1. The molecular weight excluding hydrogens is 408 g/mol. The fourth-order valence-electron chi connectivity index (χ4n) is 3.90. The predicted molar refractivity (Wildman–Crippen MR) is 115 cm³/mol. The van der Waals surface area contributed by atoms with Crippen molar-refractivity contribution < 1.29 is 17.9 Å². The molecule has 1 aromatic carbocycles. The molecule has 0 saturated carbocycles. The molecule has 1 fully saturated rings. The number of morpholine rings is 1. The molecule has 30 heavy (non-hydrogen) atoms. The normalized spacial score (nSPS) is 20.5. The molecule has 2 heterocycles. The number of nitrogens with zero attached hydrogens (tertiary/aromatic N) is 3. The number of carbonyl (C=O) groups is 1. The summed E-state index contributed by atoms with van der Waals surface area (Å²) in [4.78, 5) is 24.8. The number of hydrogen-bond acceptors (Lipinski definition) is 5. The Labute approximate surface area is 176 Å². The van der Waals surface area contributed by atoms with Gasteiger partial charge in [-0.15, -0.1) is 0 Å². The maximum atomic E-state index is 12.6. The number of hydrogen-bond donors (Lipinski definition) is 1. The number of nitrogens with one attached hydrogen (secondary N) is 1. The zero-order valence-corrected chi connectivity index (χ0v) is 18.5. The average molecular weight is 439 g/mol. The third-order valence-corrected chi connectivity index (χ3v) is 7.07. The van der Waals surface area contributed by atoms with Crippen molar-refractivity contribution in [3.63, 3.8) is 0 Å². The van der Waals surface area contributed by atoms with Crippen molar-refractivity contribution in [2.45, 2.75) is 52.5 Å². The summed E-state index contributed by atoms with van der Waals surface area (Å²) in [5.41, 5.74) is 1.48. The molecule has 10 heteroatoms. The second-order valence-electron chi connectivity index (χ2n) is 7.66. The van der Waals surface area contributed by atoms with Crippen molar-refractivity contribution in [2.75, 3.05) is 25.4 Å². The van der Waals surface area contributed by atoms with E-state index in [0.29, 0.717) is 19.6 Å². The lowest BCUT2D eigenvalue weighted by Crippen LogP contribution is -2.49. The number of amides is 1. The number of rotatable bonds is 8. The van der Waals surface area contributed by atoms with Gasteiger partial charge in [-0.2, -0.15) is 4.31 Å². The molecular formula is C20H30N4O5S. The summed E-state index contributed by atoms with van der Waals surface area (Å²) in [5.74, 6) is -0.443. The van der Waals surface area contributed by atoms with Gasteiger partial charge in [-0.3, -0.25) is 13.9 Å². The van der Waals surface area contributed by atoms with Gasteiger partial charge in [-0.25, -0.2) is 13.2 Å². The Hall–Kier alpha value is -2.17. The van der Waals surface area contributed by atoms with Crippen molar-refractivity contribution in [2.24, 2.45) is 0 Å². The maximum absolute atomic E-state index is 12.6. The number of para-hydroxylation sites is 2. The molecule has 166 valence electrons. The van der Waals surface area contributed by atoms with Crippen LogP contribution >= 0.6 is 0 Å². The second kappa shape index (κ2) is 9.32. The van der Waals surface area contributed by atoms with E-state index in [9.17, 15) is 18.0 Å². The molecule has 1 N–H and O–H groups in total. The average Bonchev–Trinajstić information content (AvgIpc) is 2.96. The number of aryl methyl sites for hydroxylation is 2. The second-order valence-corrected chi connectivity index (χ2v) is 9.75. The molecule has 1 amide bonds. The zero-order valence-electron chi connectivity index (χ0n) is 17.7. The van der Waals surface area contributed by atoms with Gasteiger partial charge in [0.15, 0.2) is 0 Å². The van der Waals surface area contributed by atoms with Crippen LogP contribution in [0.2, 0.25) is 0 Å². The molecule has 1 aliphatic heterocycles. The van der Waals surface area contributed by atoms with Gasteiger partial charge < -0.3 is 10.1 Å². The number of aromatic nitrogens is 2. The Bertz CT molecular complexity index is 1050. The summed E-state index contributed by atoms with van der Waals surface area (Å²) in [6.45, 7) is 7.07. The van der Waals surface area contributed by atoms with E-state index >= 15 is 0 Å². The lowest BCUT2D eigenvalue weighted by atomic mass is 10.3. The molecule has 2 atom stereocenters. The maximum Gasteiger partial charge on any atom is 0.329 e. The van der Waals surface area contributed by atoms with Gasteiger partial charge in [0, 0.05) is 39.1 Å². The van der Waals surface area contributed by atoms with Gasteiger partial charge >= 0.3 is 5.69 Å². The topological polar surface area (TPSA) is 103 Å². The first kappa shape index (κ1) is 22.5. The summed E-state index contributed by atoms with van der Waals surface area (Å²) in [5, 5.41) is 2.66. The standard InChI is InChI=1S/C20H30N4O5S/c1-4-23-17-7-5-6-8-18(17)24(20(23)26)11-9-19(25)21-10-12-30(27,28)22-13-15(2)29-16(3)14-22/h5-8,15-16H,4,9-14H2,1-3H3,(H,21,25). The van der Waals surface area contributed by atoms with E-state index in [2.05, 4.69) is 5.32 Å². The van der Waals surface area contributed by atoms with Crippen LogP contribution < -0.4 is 11.0 Å². The van der Waals surface area contributed by atoms with Gasteiger partial charge in [0.05, 0.1) is 29.0 Å². The van der Waals surface area contributed by atoms with E-state index in [0.717, 1.165) is 11.0 Å². The van der Waals surface area contributed by atoms with Crippen LogP contribution in [-0.4, -0.2) is 65.4 Å². The highest BCUT2D eigenvalue weighted by atomic mass is 32.2. The van der Waals surface area contributed by atoms with Gasteiger partial charge in [-0.1, -0.05) is 12.1 Å². The van der Waals surface area contributed by atoms with E-state index in [1.165, 1.54) is 4.31 Å². The van der Waals surface area contributed by atoms with Crippen molar-refractivity contribution in [1.29, 1.82) is 0 Å². The summed E-state index contributed by atoms with van der Waals surface area (Å²) in [6, 6.07) is 7.48. The van der Waals surface area contributed by atoms with E-state index < -0.39 is 10.0 Å². The lowest BCUT2D eigenvalue weighted by Gasteiger charge is -2.34. The molecule has 1 aromatic heterocycles. The molecule has 0 spiro atoms. The molecule has 2 unspecified atom stereocenters. The molecule has 3 rings (SSSR count). The minimum absolute atomic E-state index is 0.0346. The first-order chi connectivity index (χ1) is 14.2. The Morgan fingerprint density at radius 3 is 2.33 bits per heavy atom. The number of fused-ring (bicyclic) bond motifs is 1. The molecule has 0 bridgehead atoms.